The molecule has 22 heavy (non-hydrogen) atoms. The minimum Gasteiger partial charge on any atom is -0.340 e. The number of hydrogen-bond acceptors (Lipinski definition) is 3. The summed E-state index contributed by atoms with van der Waals surface area (Å²) in [5.41, 5.74) is 1.96. The SMILES string of the molecule is O=C(C1CC1)N1CCN(Cc2cn3cc(Cl)ccc3n2)CC1. The molecule has 1 aliphatic carbocycles. The lowest BCUT2D eigenvalue weighted by Gasteiger charge is -2.34. The van der Waals surface area contributed by atoms with E-state index in [0.717, 1.165) is 56.9 Å². The molecule has 0 spiro atoms. The second-order valence-corrected chi connectivity index (χ2v) is 6.66. The number of piperazine rings is 1. The zero-order valence-electron chi connectivity index (χ0n) is 12.4. The Balaban J connectivity index is 1.38. The van der Waals surface area contributed by atoms with E-state index in [0.29, 0.717) is 16.8 Å². The summed E-state index contributed by atoms with van der Waals surface area (Å²) in [4.78, 5) is 21.1. The van der Waals surface area contributed by atoms with Gasteiger partial charge in [0.2, 0.25) is 5.91 Å². The lowest BCUT2D eigenvalue weighted by atomic mass is 10.2. The highest BCUT2D eigenvalue weighted by Gasteiger charge is 2.34. The predicted octanol–water partition coefficient (Wildman–Crippen LogP) is 2.04. The Labute approximate surface area is 134 Å². The van der Waals surface area contributed by atoms with Gasteiger partial charge in [0.05, 0.1) is 10.7 Å². The zero-order chi connectivity index (χ0) is 15.1. The van der Waals surface area contributed by atoms with Gasteiger partial charge < -0.3 is 9.30 Å². The summed E-state index contributed by atoms with van der Waals surface area (Å²) in [6.07, 6.45) is 6.08. The number of nitrogens with zero attached hydrogens (tertiary/aromatic N) is 4. The quantitative estimate of drug-likeness (QED) is 0.869. The van der Waals surface area contributed by atoms with Crippen LogP contribution in [0.5, 0.6) is 0 Å². The van der Waals surface area contributed by atoms with Crippen molar-refractivity contribution in [2.75, 3.05) is 26.2 Å². The monoisotopic (exact) mass is 318 g/mol. The number of halogens is 1. The van der Waals surface area contributed by atoms with Gasteiger partial charge in [0.25, 0.3) is 0 Å². The Bertz CT molecular complexity index is 701. The molecule has 6 heteroatoms. The van der Waals surface area contributed by atoms with E-state index in [4.69, 9.17) is 11.6 Å². The Morgan fingerprint density at radius 2 is 1.95 bits per heavy atom. The number of fused-ring (bicyclic) bond motifs is 1. The number of pyridine rings is 1. The van der Waals surface area contributed by atoms with Crippen LogP contribution >= 0.6 is 11.6 Å². The molecule has 2 aromatic rings. The summed E-state index contributed by atoms with van der Waals surface area (Å²) >= 11 is 6.00. The number of amides is 1. The fourth-order valence-electron chi connectivity index (χ4n) is 3.04. The summed E-state index contributed by atoms with van der Waals surface area (Å²) in [6, 6.07) is 3.79. The molecule has 3 heterocycles. The van der Waals surface area contributed by atoms with Gasteiger partial charge in [-0.05, 0) is 25.0 Å². The molecule has 1 saturated carbocycles. The molecule has 0 unspecified atom stereocenters. The maximum Gasteiger partial charge on any atom is 0.225 e. The van der Waals surface area contributed by atoms with Gasteiger partial charge in [0.1, 0.15) is 5.65 Å². The van der Waals surface area contributed by atoms with Crippen molar-refractivity contribution in [2.45, 2.75) is 19.4 Å². The molecule has 1 aliphatic heterocycles. The summed E-state index contributed by atoms with van der Waals surface area (Å²) in [5.74, 6) is 0.691. The van der Waals surface area contributed by atoms with Gasteiger partial charge in [-0.2, -0.15) is 0 Å². The molecule has 2 fully saturated rings. The molecular formula is C16H19ClN4O. The molecular weight excluding hydrogens is 300 g/mol. The molecule has 1 amide bonds. The average molecular weight is 319 g/mol. The Kier molecular flexibility index (Phi) is 3.54. The van der Waals surface area contributed by atoms with Crippen molar-refractivity contribution in [1.82, 2.24) is 19.2 Å². The molecule has 2 aliphatic rings. The van der Waals surface area contributed by atoms with Crippen molar-refractivity contribution in [3.63, 3.8) is 0 Å². The van der Waals surface area contributed by atoms with Crippen molar-refractivity contribution in [3.05, 3.63) is 35.2 Å². The first kappa shape index (κ1) is 14.0. The van der Waals surface area contributed by atoms with E-state index < -0.39 is 0 Å². The molecule has 4 rings (SSSR count). The third-order valence-corrected chi connectivity index (χ3v) is 4.68. The molecule has 0 bridgehead atoms. The maximum absolute atomic E-state index is 12.1. The van der Waals surface area contributed by atoms with E-state index in [1.54, 1.807) is 0 Å². The molecule has 0 atom stereocenters. The van der Waals surface area contributed by atoms with Gasteiger partial charge in [-0.3, -0.25) is 9.69 Å². The molecule has 2 aromatic heterocycles. The van der Waals surface area contributed by atoms with E-state index in [2.05, 4.69) is 9.88 Å². The first-order valence-corrected chi connectivity index (χ1v) is 8.21. The number of carbonyl (C=O) groups is 1. The smallest absolute Gasteiger partial charge is 0.225 e. The molecule has 0 radical (unpaired) electrons. The number of imidazole rings is 1. The highest BCUT2D eigenvalue weighted by molar-refractivity contribution is 6.30. The second-order valence-electron chi connectivity index (χ2n) is 6.22. The summed E-state index contributed by atoms with van der Waals surface area (Å²) < 4.78 is 1.96. The van der Waals surface area contributed by atoms with Crippen LogP contribution in [0.25, 0.3) is 5.65 Å². The van der Waals surface area contributed by atoms with E-state index in [-0.39, 0.29) is 0 Å². The van der Waals surface area contributed by atoms with Crippen LogP contribution in [0.3, 0.4) is 0 Å². The van der Waals surface area contributed by atoms with Crippen molar-refractivity contribution >= 4 is 23.2 Å². The fourth-order valence-corrected chi connectivity index (χ4v) is 3.21. The van der Waals surface area contributed by atoms with Crippen LogP contribution in [0.1, 0.15) is 18.5 Å². The van der Waals surface area contributed by atoms with Crippen LogP contribution in [0.4, 0.5) is 0 Å². The number of rotatable bonds is 3. The standard InChI is InChI=1S/C16H19ClN4O/c17-13-3-4-15-18-14(11-21(15)9-13)10-19-5-7-20(8-6-19)16(22)12-1-2-12/h3-4,9,11-12H,1-2,5-8,10H2. The molecule has 0 N–H and O–H groups in total. The van der Waals surface area contributed by atoms with Gasteiger partial charge in [0.15, 0.2) is 0 Å². The molecule has 1 saturated heterocycles. The van der Waals surface area contributed by atoms with Gasteiger partial charge >= 0.3 is 0 Å². The fraction of sp³-hybridized carbons (Fsp3) is 0.500. The van der Waals surface area contributed by atoms with E-state index in [1.165, 1.54) is 0 Å². The van der Waals surface area contributed by atoms with Gasteiger partial charge in [0, 0.05) is 51.0 Å². The molecule has 116 valence electrons. The van der Waals surface area contributed by atoms with Crippen molar-refractivity contribution in [2.24, 2.45) is 5.92 Å². The first-order valence-electron chi connectivity index (χ1n) is 7.83. The summed E-state index contributed by atoms with van der Waals surface area (Å²) in [6.45, 7) is 4.36. The number of hydrogen-bond donors (Lipinski definition) is 0. The van der Waals surface area contributed by atoms with Gasteiger partial charge in [-0.1, -0.05) is 11.6 Å². The third-order valence-electron chi connectivity index (χ3n) is 4.46. The lowest BCUT2D eigenvalue weighted by molar-refractivity contribution is -0.134. The summed E-state index contributed by atoms with van der Waals surface area (Å²) in [5, 5.41) is 0.712. The predicted molar refractivity (Wildman–Crippen MR) is 84.8 cm³/mol. The highest BCUT2D eigenvalue weighted by atomic mass is 35.5. The highest BCUT2D eigenvalue weighted by Crippen LogP contribution is 2.31. The van der Waals surface area contributed by atoms with Crippen LogP contribution in [0.15, 0.2) is 24.5 Å². The Morgan fingerprint density at radius 3 is 2.68 bits per heavy atom. The Hall–Kier alpha value is -1.59. The van der Waals surface area contributed by atoms with Crippen LogP contribution in [0.2, 0.25) is 5.02 Å². The van der Waals surface area contributed by atoms with Crippen molar-refractivity contribution in [3.8, 4) is 0 Å². The lowest BCUT2D eigenvalue weighted by Crippen LogP contribution is -2.48. The van der Waals surface area contributed by atoms with E-state index in [9.17, 15) is 4.79 Å². The van der Waals surface area contributed by atoms with Crippen LogP contribution in [0, 0.1) is 5.92 Å². The van der Waals surface area contributed by atoms with Crippen LogP contribution < -0.4 is 0 Å². The minimum absolute atomic E-state index is 0.328. The van der Waals surface area contributed by atoms with E-state index >= 15 is 0 Å². The van der Waals surface area contributed by atoms with Crippen LogP contribution in [-0.4, -0.2) is 51.3 Å². The minimum atomic E-state index is 0.328. The second kappa shape index (κ2) is 5.56. The number of aromatic nitrogens is 2. The molecule has 0 aromatic carbocycles. The summed E-state index contributed by atoms with van der Waals surface area (Å²) in [7, 11) is 0. The third kappa shape index (κ3) is 2.83. The average Bonchev–Trinajstić information content (AvgIpc) is 3.29. The topological polar surface area (TPSA) is 40.9 Å². The maximum atomic E-state index is 12.1. The van der Waals surface area contributed by atoms with E-state index in [1.807, 2.05) is 33.8 Å². The zero-order valence-corrected chi connectivity index (χ0v) is 13.2. The van der Waals surface area contributed by atoms with Crippen molar-refractivity contribution < 1.29 is 4.79 Å². The van der Waals surface area contributed by atoms with Crippen molar-refractivity contribution in [1.29, 1.82) is 0 Å². The van der Waals surface area contributed by atoms with Gasteiger partial charge in [-0.25, -0.2) is 4.98 Å². The Morgan fingerprint density at radius 1 is 1.18 bits per heavy atom. The number of carbonyl (C=O) groups excluding carboxylic acids is 1. The van der Waals surface area contributed by atoms with Crippen LogP contribution in [-0.2, 0) is 11.3 Å². The molecule has 5 nitrogen and oxygen atoms in total. The van der Waals surface area contributed by atoms with Gasteiger partial charge in [-0.15, -0.1) is 0 Å². The normalized spacial score (nSPS) is 19.8. The first-order chi connectivity index (χ1) is 10.7. The largest absolute Gasteiger partial charge is 0.340 e.